The number of carbonyl (C=O) groups excluding carboxylic acids is 2. The number of hydrogen-bond acceptors (Lipinski definition) is 6. The summed E-state index contributed by atoms with van der Waals surface area (Å²) in [5, 5.41) is 0. The Morgan fingerprint density at radius 2 is 1.93 bits per heavy atom. The van der Waals surface area contributed by atoms with Crippen molar-refractivity contribution >= 4 is 12.1 Å². The van der Waals surface area contributed by atoms with Crippen LogP contribution in [0.25, 0.3) is 0 Å². The summed E-state index contributed by atoms with van der Waals surface area (Å²) in [6, 6.07) is 12.8. The van der Waals surface area contributed by atoms with E-state index in [2.05, 4.69) is 0 Å². The van der Waals surface area contributed by atoms with Crippen molar-refractivity contribution in [2.75, 3.05) is 13.3 Å². The zero-order chi connectivity index (χ0) is 19.8. The molecule has 2 aromatic rings. The summed E-state index contributed by atoms with van der Waals surface area (Å²) in [5.74, 6) is 0.906. The number of amides is 1. The first kappa shape index (κ1) is 17.6. The Kier molecular flexibility index (Phi) is 4.35. The number of fused-ring (bicyclic) bond motifs is 2. The maximum Gasteiger partial charge on any atom is 0.410 e. The summed E-state index contributed by atoms with van der Waals surface area (Å²) in [7, 11) is 0. The first-order valence-corrected chi connectivity index (χ1v) is 9.47. The molecule has 0 radical (unpaired) electrons. The Morgan fingerprint density at radius 1 is 1.14 bits per heavy atom. The molecule has 0 saturated carbocycles. The number of nitrogens with zero attached hydrogens (tertiary/aromatic N) is 1. The molecule has 0 unspecified atom stereocenters. The van der Waals surface area contributed by atoms with E-state index in [0.29, 0.717) is 24.5 Å². The molecule has 0 N–H and O–H groups in total. The van der Waals surface area contributed by atoms with Crippen LogP contribution in [0.3, 0.4) is 0 Å². The lowest BCUT2D eigenvalue weighted by Gasteiger charge is -2.38. The van der Waals surface area contributed by atoms with E-state index in [-0.39, 0.29) is 13.4 Å². The average molecular weight is 393 g/mol. The van der Waals surface area contributed by atoms with Gasteiger partial charge in [0.15, 0.2) is 11.5 Å². The van der Waals surface area contributed by atoms with Gasteiger partial charge in [-0.2, -0.15) is 0 Å². The Balaban J connectivity index is 1.44. The van der Waals surface area contributed by atoms with Crippen LogP contribution in [0.2, 0.25) is 0 Å². The molecule has 148 valence electrons. The van der Waals surface area contributed by atoms with Crippen LogP contribution in [0.15, 0.2) is 54.6 Å². The molecule has 5 rings (SSSR count). The lowest BCUT2D eigenvalue weighted by Crippen LogP contribution is -2.45. The van der Waals surface area contributed by atoms with Crippen LogP contribution in [0, 0.1) is 0 Å². The van der Waals surface area contributed by atoms with Crippen LogP contribution < -0.4 is 9.47 Å². The fourth-order valence-corrected chi connectivity index (χ4v) is 3.96. The number of esters is 1. The molecule has 0 aromatic heterocycles. The van der Waals surface area contributed by atoms with E-state index in [1.807, 2.05) is 42.5 Å². The maximum atomic E-state index is 12.9. The van der Waals surface area contributed by atoms with Crippen LogP contribution >= 0.6 is 0 Å². The zero-order valence-corrected chi connectivity index (χ0v) is 15.6. The third-order valence-corrected chi connectivity index (χ3v) is 5.34. The van der Waals surface area contributed by atoms with E-state index in [1.165, 1.54) is 6.08 Å². The predicted molar refractivity (Wildman–Crippen MR) is 101 cm³/mol. The lowest BCUT2D eigenvalue weighted by atomic mass is 9.89. The highest BCUT2D eigenvalue weighted by Crippen LogP contribution is 2.43. The van der Waals surface area contributed by atoms with Crippen molar-refractivity contribution in [2.24, 2.45) is 0 Å². The van der Waals surface area contributed by atoms with Gasteiger partial charge in [0.05, 0.1) is 0 Å². The van der Waals surface area contributed by atoms with Crippen molar-refractivity contribution in [1.82, 2.24) is 4.90 Å². The Morgan fingerprint density at radius 3 is 2.69 bits per heavy atom. The zero-order valence-electron chi connectivity index (χ0n) is 15.6. The summed E-state index contributed by atoms with van der Waals surface area (Å²) >= 11 is 0. The van der Waals surface area contributed by atoms with Crippen molar-refractivity contribution in [3.8, 4) is 11.5 Å². The molecule has 3 aliphatic heterocycles. The Labute approximate surface area is 167 Å². The van der Waals surface area contributed by atoms with Gasteiger partial charge in [-0.3, -0.25) is 4.90 Å². The summed E-state index contributed by atoms with van der Waals surface area (Å²) in [4.78, 5) is 26.3. The summed E-state index contributed by atoms with van der Waals surface area (Å²) in [6.07, 6.45) is 2.70. The minimum absolute atomic E-state index is 0.171. The third kappa shape index (κ3) is 3.29. The van der Waals surface area contributed by atoms with Gasteiger partial charge in [-0.1, -0.05) is 30.3 Å². The molecular weight excluding hydrogens is 374 g/mol. The molecule has 0 fully saturated rings. The third-order valence-electron chi connectivity index (χ3n) is 5.34. The van der Waals surface area contributed by atoms with Gasteiger partial charge in [0, 0.05) is 12.6 Å². The molecule has 0 spiro atoms. The number of carbonyl (C=O) groups is 2. The van der Waals surface area contributed by atoms with Crippen LogP contribution in [0.4, 0.5) is 4.79 Å². The molecule has 3 aliphatic rings. The number of benzene rings is 2. The highest BCUT2D eigenvalue weighted by molar-refractivity contribution is 5.84. The number of rotatable bonds is 3. The normalized spacial score (nSPS) is 21.7. The quantitative estimate of drug-likeness (QED) is 0.746. The van der Waals surface area contributed by atoms with Gasteiger partial charge >= 0.3 is 12.1 Å². The van der Waals surface area contributed by atoms with Gasteiger partial charge in [0.25, 0.3) is 0 Å². The van der Waals surface area contributed by atoms with Gasteiger partial charge in [0.2, 0.25) is 6.79 Å². The minimum atomic E-state index is -0.578. The number of hydrogen-bond donors (Lipinski definition) is 0. The standard InChI is InChI=1S/C22H19NO6/c24-20-7-6-17(29-20)21-16-11-19-18(27-13-28-19)10-15(16)8-9-23(21)22(25)26-12-14-4-2-1-3-5-14/h1-7,10-11,17,21H,8-9,12-13H2/t17-,21-/m0/s1. The minimum Gasteiger partial charge on any atom is -0.454 e. The highest BCUT2D eigenvalue weighted by Gasteiger charge is 2.40. The molecule has 0 saturated heterocycles. The Hall–Kier alpha value is -3.48. The van der Waals surface area contributed by atoms with Gasteiger partial charge in [-0.15, -0.1) is 0 Å². The molecule has 2 atom stereocenters. The highest BCUT2D eigenvalue weighted by atomic mass is 16.7. The molecule has 0 bridgehead atoms. The van der Waals surface area contributed by atoms with E-state index in [0.717, 1.165) is 16.7 Å². The number of cyclic esters (lactones) is 1. The van der Waals surface area contributed by atoms with E-state index in [1.54, 1.807) is 11.0 Å². The smallest absolute Gasteiger partial charge is 0.410 e. The van der Waals surface area contributed by atoms with Crippen molar-refractivity contribution in [2.45, 2.75) is 25.2 Å². The largest absolute Gasteiger partial charge is 0.454 e. The van der Waals surface area contributed by atoms with Crippen LogP contribution in [-0.2, 0) is 27.3 Å². The van der Waals surface area contributed by atoms with Crippen LogP contribution in [0.5, 0.6) is 11.5 Å². The SMILES string of the molecule is O=C1C=C[C@@H]([C@@H]2c3cc4c(cc3CCN2C(=O)OCc2ccccc2)OCO4)O1. The topological polar surface area (TPSA) is 74.3 Å². The first-order valence-electron chi connectivity index (χ1n) is 9.47. The maximum absolute atomic E-state index is 12.9. The molecule has 0 aliphatic carbocycles. The number of ether oxygens (including phenoxy) is 4. The van der Waals surface area contributed by atoms with E-state index < -0.39 is 24.2 Å². The first-order chi connectivity index (χ1) is 14.2. The summed E-state index contributed by atoms with van der Waals surface area (Å²) < 4.78 is 22.0. The molecule has 3 heterocycles. The fraction of sp³-hybridized carbons (Fsp3) is 0.273. The van der Waals surface area contributed by atoms with Crippen molar-refractivity contribution in [3.63, 3.8) is 0 Å². The van der Waals surface area contributed by atoms with Crippen molar-refractivity contribution < 1.29 is 28.5 Å². The van der Waals surface area contributed by atoms with Crippen LogP contribution in [-0.4, -0.2) is 36.4 Å². The second-order valence-electron chi connectivity index (χ2n) is 7.09. The monoisotopic (exact) mass is 393 g/mol. The van der Waals surface area contributed by atoms with Crippen molar-refractivity contribution in [1.29, 1.82) is 0 Å². The fourth-order valence-electron chi connectivity index (χ4n) is 3.96. The predicted octanol–water partition coefficient (Wildman–Crippen LogP) is 3.13. The molecule has 2 aromatic carbocycles. The summed E-state index contributed by atoms with van der Waals surface area (Å²) in [5.41, 5.74) is 2.83. The lowest BCUT2D eigenvalue weighted by molar-refractivity contribution is -0.141. The van der Waals surface area contributed by atoms with Crippen molar-refractivity contribution in [3.05, 3.63) is 71.3 Å². The molecule has 1 amide bonds. The molecular formula is C22H19NO6. The van der Waals surface area contributed by atoms with Gasteiger partial charge in [0.1, 0.15) is 18.8 Å². The molecule has 29 heavy (non-hydrogen) atoms. The molecule has 7 heteroatoms. The average Bonchev–Trinajstić information content (AvgIpc) is 3.38. The molecule has 7 nitrogen and oxygen atoms in total. The van der Waals surface area contributed by atoms with Crippen LogP contribution in [0.1, 0.15) is 22.7 Å². The van der Waals surface area contributed by atoms with E-state index >= 15 is 0 Å². The van der Waals surface area contributed by atoms with Gasteiger partial charge in [-0.05, 0) is 41.3 Å². The van der Waals surface area contributed by atoms with E-state index in [9.17, 15) is 9.59 Å². The second-order valence-corrected chi connectivity index (χ2v) is 7.09. The van der Waals surface area contributed by atoms with Gasteiger partial charge < -0.3 is 18.9 Å². The van der Waals surface area contributed by atoms with Gasteiger partial charge in [-0.25, -0.2) is 9.59 Å². The van der Waals surface area contributed by atoms with E-state index in [4.69, 9.17) is 18.9 Å². The Bertz CT molecular complexity index is 986. The summed E-state index contributed by atoms with van der Waals surface area (Å²) in [6.45, 7) is 0.800. The second kappa shape index (κ2) is 7.16.